The Hall–Kier alpha value is -3.26. The number of carbonyl (C=O) groups is 1. The summed E-state index contributed by atoms with van der Waals surface area (Å²) in [7, 11) is 0. The highest BCUT2D eigenvalue weighted by Crippen LogP contribution is 2.32. The average Bonchev–Trinajstić information content (AvgIpc) is 3.30. The van der Waals surface area contributed by atoms with Gasteiger partial charge in [-0.15, -0.1) is 0 Å². The first-order valence-electron chi connectivity index (χ1n) is 8.99. The van der Waals surface area contributed by atoms with Gasteiger partial charge in [-0.1, -0.05) is 29.5 Å². The molecule has 0 N–H and O–H groups in total. The van der Waals surface area contributed by atoms with E-state index in [-0.39, 0.29) is 23.3 Å². The topological polar surface area (TPSA) is 73.8 Å². The SMILES string of the molecule is CCOC(=O)C1=C(C)N=c2sc(=Cc3ccco3)c(=O)n2C1c1ccccc1F. The molecule has 0 saturated carbocycles. The van der Waals surface area contributed by atoms with Gasteiger partial charge in [0.25, 0.3) is 5.56 Å². The van der Waals surface area contributed by atoms with Gasteiger partial charge in [-0.25, -0.2) is 14.2 Å². The molecule has 1 atom stereocenters. The maximum absolute atomic E-state index is 14.7. The lowest BCUT2D eigenvalue weighted by atomic mass is 9.95. The molecule has 0 radical (unpaired) electrons. The molecular weight excluding hydrogens is 395 g/mol. The van der Waals surface area contributed by atoms with Crippen molar-refractivity contribution < 1.29 is 18.3 Å². The van der Waals surface area contributed by atoms with Crippen molar-refractivity contribution in [3.05, 3.63) is 90.8 Å². The number of nitrogens with zero attached hydrogens (tertiary/aromatic N) is 2. The molecule has 0 bridgehead atoms. The number of benzene rings is 1. The minimum Gasteiger partial charge on any atom is -0.465 e. The largest absolute Gasteiger partial charge is 0.465 e. The van der Waals surface area contributed by atoms with Gasteiger partial charge >= 0.3 is 5.97 Å². The van der Waals surface area contributed by atoms with E-state index in [1.165, 1.54) is 16.9 Å². The lowest BCUT2D eigenvalue weighted by molar-refractivity contribution is -0.139. The number of aromatic nitrogens is 1. The number of fused-ring (bicyclic) bond motifs is 1. The molecule has 4 rings (SSSR count). The Kier molecular flexibility index (Phi) is 5.02. The quantitative estimate of drug-likeness (QED) is 0.618. The Morgan fingerprint density at radius 3 is 2.83 bits per heavy atom. The highest BCUT2D eigenvalue weighted by molar-refractivity contribution is 7.07. The molecule has 2 aromatic heterocycles. The third-order valence-corrected chi connectivity index (χ3v) is 5.52. The van der Waals surface area contributed by atoms with Gasteiger partial charge < -0.3 is 9.15 Å². The molecule has 1 aliphatic heterocycles. The van der Waals surface area contributed by atoms with Gasteiger partial charge in [0, 0.05) is 11.6 Å². The number of hydrogen-bond donors (Lipinski definition) is 0. The van der Waals surface area contributed by atoms with E-state index in [2.05, 4.69) is 4.99 Å². The summed E-state index contributed by atoms with van der Waals surface area (Å²) in [4.78, 5) is 30.7. The van der Waals surface area contributed by atoms with E-state index in [1.807, 2.05) is 0 Å². The maximum Gasteiger partial charge on any atom is 0.338 e. The maximum atomic E-state index is 14.7. The second-order valence-corrected chi connectivity index (χ2v) is 7.35. The van der Waals surface area contributed by atoms with Crippen molar-refractivity contribution in [3.63, 3.8) is 0 Å². The summed E-state index contributed by atoms with van der Waals surface area (Å²) >= 11 is 1.15. The fourth-order valence-corrected chi connectivity index (χ4v) is 4.31. The summed E-state index contributed by atoms with van der Waals surface area (Å²) in [6.45, 7) is 3.50. The first-order valence-corrected chi connectivity index (χ1v) is 9.80. The Labute approximate surface area is 168 Å². The molecule has 8 heteroatoms. The van der Waals surface area contributed by atoms with Crippen LogP contribution in [0.4, 0.5) is 4.39 Å². The van der Waals surface area contributed by atoms with Crippen molar-refractivity contribution in [1.29, 1.82) is 0 Å². The zero-order valence-electron chi connectivity index (χ0n) is 15.7. The van der Waals surface area contributed by atoms with Gasteiger partial charge in [0.05, 0.1) is 28.7 Å². The third kappa shape index (κ3) is 3.36. The molecule has 3 heterocycles. The second-order valence-electron chi connectivity index (χ2n) is 6.34. The summed E-state index contributed by atoms with van der Waals surface area (Å²) in [5, 5.41) is 0. The van der Waals surface area contributed by atoms with Crippen molar-refractivity contribution >= 4 is 23.4 Å². The highest BCUT2D eigenvalue weighted by Gasteiger charge is 2.34. The van der Waals surface area contributed by atoms with Crippen LogP contribution in [-0.2, 0) is 9.53 Å². The molecule has 29 heavy (non-hydrogen) atoms. The number of esters is 1. The summed E-state index contributed by atoms with van der Waals surface area (Å²) in [5.74, 6) is -0.629. The number of rotatable bonds is 4. The summed E-state index contributed by atoms with van der Waals surface area (Å²) < 4.78 is 26.9. The number of hydrogen-bond acceptors (Lipinski definition) is 6. The zero-order chi connectivity index (χ0) is 20.5. The van der Waals surface area contributed by atoms with E-state index >= 15 is 0 Å². The van der Waals surface area contributed by atoms with E-state index in [1.54, 1.807) is 50.3 Å². The number of ether oxygens (including phenoxy) is 1. The summed E-state index contributed by atoms with van der Waals surface area (Å²) in [5.41, 5.74) is 0.361. The Morgan fingerprint density at radius 1 is 1.34 bits per heavy atom. The van der Waals surface area contributed by atoms with Crippen molar-refractivity contribution in [2.75, 3.05) is 6.61 Å². The van der Waals surface area contributed by atoms with Gasteiger partial charge in [0.2, 0.25) is 0 Å². The molecule has 0 fully saturated rings. The lowest BCUT2D eigenvalue weighted by Gasteiger charge is -2.24. The van der Waals surface area contributed by atoms with Gasteiger partial charge in [-0.05, 0) is 32.0 Å². The van der Waals surface area contributed by atoms with Gasteiger partial charge in [-0.3, -0.25) is 9.36 Å². The fraction of sp³-hybridized carbons (Fsp3) is 0.190. The van der Waals surface area contributed by atoms with E-state index in [0.717, 1.165) is 11.3 Å². The first kappa shape index (κ1) is 19.1. The van der Waals surface area contributed by atoms with Crippen LogP contribution in [0.3, 0.4) is 0 Å². The summed E-state index contributed by atoms with van der Waals surface area (Å²) in [6.07, 6.45) is 3.11. The smallest absolute Gasteiger partial charge is 0.338 e. The number of halogens is 1. The van der Waals surface area contributed by atoms with Gasteiger partial charge in [-0.2, -0.15) is 0 Å². The normalized spacial score (nSPS) is 16.5. The molecule has 3 aromatic rings. The Balaban J connectivity index is 2.00. The predicted octanol–water partition coefficient (Wildman–Crippen LogP) is 2.53. The molecular formula is C21H17FN2O4S. The number of carbonyl (C=O) groups excluding carboxylic acids is 1. The van der Waals surface area contributed by atoms with E-state index in [4.69, 9.17) is 9.15 Å². The van der Waals surface area contributed by atoms with Crippen LogP contribution in [0.25, 0.3) is 6.08 Å². The van der Waals surface area contributed by atoms with Crippen molar-refractivity contribution in [3.8, 4) is 0 Å². The van der Waals surface area contributed by atoms with E-state index < -0.39 is 17.8 Å². The van der Waals surface area contributed by atoms with E-state index in [0.29, 0.717) is 20.8 Å². The van der Waals surface area contributed by atoms with Crippen LogP contribution >= 0.6 is 11.3 Å². The molecule has 1 unspecified atom stereocenters. The molecule has 148 valence electrons. The third-order valence-electron chi connectivity index (χ3n) is 4.53. The molecule has 6 nitrogen and oxygen atoms in total. The van der Waals surface area contributed by atoms with Gasteiger partial charge in [0.1, 0.15) is 17.6 Å². The van der Waals surface area contributed by atoms with Crippen molar-refractivity contribution in [2.24, 2.45) is 4.99 Å². The fourth-order valence-electron chi connectivity index (χ4n) is 3.29. The van der Waals surface area contributed by atoms with Crippen LogP contribution in [0, 0.1) is 5.82 Å². The van der Waals surface area contributed by atoms with Crippen molar-refractivity contribution in [2.45, 2.75) is 19.9 Å². The predicted molar refractivity (Wildman–Crippen MR) is 106 cm³/mol. The minimum atomic E-state index is -0.967. The minimum absolute atomic E-state index is 0.147. The molecule has 0 amide bonds. The zero-order valence-corrected chi connectivity index (χ0v) is 16.5. The van der Waals surface area contributed by atoms with Crippen LogP contribution in [-0.4, -0.2) is 17.1 Å². The molecule has 1 aliphatic rings. The van der Waals surface area contributed by atoms with Crippen LogP contribution < -0.4 is 14.9 Å². The van der Waals surface area contributed by atoms with Gasteiger partial charge in [0.15, 0.2) is 4.80 Å². The molecule has 0 spiro atoms. The molecule has 0 saturated heterocycles. The van der Waals surface area contributed by atoms with Crippen molar-refractivity contribution in [1.82, 2.24) is 4.57 Å². The number of furan rings is 1. The Bertz CT molecular complexity index is 1280. The van der Waals surface area contributed by atoms with Crippen LogP contribution in [0.15, 0.2) is 68.1 Å². The molecule has 1 aromatic carbocycles. The van der Waals surface area contributed by atoms with Crippen LogP contribution in [0.5, 0.6) is 0 Å². The lowest BCUT2D eigenvalue weighted by Crippen LogP contribution is -2.40. The van der Waals surface area contributed by atoms with Crippen LogP contribution in [0.2, 0.25) is 0 Å². The standard InChI is InChI=1S/C21H17FN2O4S/c1-3-27-20(26)17-12(2)23-21-24(18(17)14-8-4-5-9-15(14)22)19(25)16(29-21)11-13-7-6-10-28-13/h4-11,18H,3H2,1-2H3. The number of allylic oxidation sites excluding steroid dienone is 1. The molecule has 0 aliphatic carbocycles. The monoisotopic (exact) mass is 412 g/mol. The average molecular weight is 412 g/mol. The second kappa shape index (κ2) is 7.63. The van der Waals surface area contributed by atoms with E-state index in [9.17, 15) is 14.0 Å². The number of thiazole rings is 1. The van der Waals surface area contributed by atoms with Crippen LogP contribution in [0.1, 0.15) is 31.2 Å². The highest BCUT2D eigenvalue weighted by atomic mass is 32.1. The Morgan fingerprint density at radius 2 is 2.14 bits per heavy atom. The first-order chi connectivity index (χ1) is 14.0. The summed E-state index contributed by atoms with van der Waals surface area (Å²) in [6, 6.07) is 8.55.